The van der Waals surface area contributed by atoms with Crippen molar-refractivity contribution in [1.82, 2.24) is 0 Å². The number of ether oxygens (including phenoxy) is 5. The van der Waals surface area contributed by atoms with Crippen LogP contribution in [0.25, 0.3) is 6.08 Å². The fourth-order valence-electron chi connectivity index (χ4n) is 4.30. The molecule has 1 aromatic rings. The Labute approximate surface area is 218 Å². The fourth-order valence-corrected chi connectivity index (χ4v) is 4.30. The molecule has 9 atom stereocenters. The number of phenolic OH excluding ortho intramolecular Hbond substituents is 1. The Hall–Kier alpha value is -3.06. The summed E-state index contributed by atoms with van der Waals surface area (Å²) in [6.45, 7) is -0.710. The van der Waals surface area contributed by atoms with Gasteiger partial charge in [-0.3, -0.25) is 0 Å². The van der Waals surface area contributed by atoms with Crippen molar-refractivity contribution in [2.24, 2.45) is 0 Å². The first-order chi connectivity index (χ1) is 18.1. The molecule has 38 heavy (non-hydrogen) atoms. The lowest BCUT2D eigenvalue weighted by Crippen LogP contribution is -2.61. The Morgan fingerprint density at radius 3 is 2.55 bits per heavy atom. The van der Waals surface area contributed by atoms with E-state index in [4.69, 9.17) is 28.9 Å². The first-order valence-corrected chi connectivity index (χ1v) is 11.7. The van der Waals surface area contributed by atoms with Crippen molar-refractivity contribution in [1.29, 1.82) is 5.26 Å². The van der Waals surface area contributed by atoms with Gasteiger partial charge in [-0.05, 0) is 23.8 Å². The molecule has 1 aromatic carbocycles. The average Bonchev–Trinajstić information content (AvgIpc) is 2.91. The standard InChI is InChI=1S/C25H31NO12/c1-34-16-9-12(3-5-14(16)28)4-6-19(29)38-24-22(32)18(11-27)37-25(23(24)33)36-15-10-17(35-2)21(31)20(30)13(15)7-8-26/h3-7,9,15,17-18,20-25,27-28,30-33H,10-11H2,1-2H3/b6-4+,13-7-/t15?,17?,18-,20?,21?,22-,23-,24+,25-/m1/s1. The molecule has 3 rings (SSSR count). The predicted octanol–water partition coefficient (Wildman–Crippen LogP) is -1.26. The van der Waals surface area contributed by atoms with Gasteiger partial charge in [0.2, 0.25) is 0 Å². The third-order valence-corrected chi connectivity index (χ3v) is 6.39. The van der Waals surface area contributed by atoms with Crippen molar-refractivity contribution in [2.75, 3.05) is 20.8 Å². The summed E-state index contributed by atoms with van der Waals surface area (Å²) in [6.07, 6.45) is -9.24. The van der Waals surface area contributed by atoms with E-state index in [9.17, 15) is 35.4 Å². The third kappa shape index (κ3) is 6.49. The molecule has 0 bridgehead atoms. The van der Waals surface area contributed by atoms with Crippen LogP contribution in [0.15, 0.2) is 35.9 Å². The molecule has 1 aliphatic heterocycles. The minimum atomic E-state index is -1.74. The Morgan fingerprint density at radius 2 is 1.92 bits per heavy atom. The molecule has 4 unspecified atom stereocenters. The van der Waals surface area contributed by atoms with Crippen LogP contribution >= 0.6 is 0 Å². The van der Waals surface area contributed by atoms with Gasteiger partial charge in [0.15, 0.2) is 23.9 Å². The minimum absolute atomic E-state index is 0.0107. The molecule has 0 spiro atoms. The van der Waals surface area contributed by atoms with E-state index in [1.807, 2.05) is 0 Å². The molecule has 1 aliphatic carbocycles. The number of nitrogens with zero attached hydrogens (tertiary/aromatic N) is 1. The molecule has 0 amide bonds. The summed E-state index contributed by atoms with van der Waals surface area (Å²) in [6, 6.07) is 6.12. The van der Waals surface area contributed by atoms with Crippen LogP contribution < -0.4 is 4.74 Å². The zero-order chi connectivity index (χ0) is 28.0. The fraction of sp³-hybridized carbons (Fsp3) is 0.520. The molecule has 2 fully saturated rings. The van der Waals surface area contributed by atoms with Gasteiger partial charge in [0, 0.05) is 31.3 Å². The first kappa shape index (κ1) is 29.5. The van der Waals surface area contributed by atoms with Crippen molar-refractivity contribution in [3.63, 3.8) is 0 Å². The average molecular weight is 538 g/mol. The Balaban J connectivity index is 1.77. The summed E-state index contributed by atoms with van der Waals surface area (Å²) in [5, 5.41) is 70.6. The number of aliphatic hydroxyl groups is 5. The number of benzene rings is 1. The number of aromatic hydroxyl groups is 1. The van der Waals surface area contributed by atoms with E-state index in [0.717, 1.165) is 12.2 Å². The maximum absolute atomic E-state index is 12.5. The number of nitriles is 1. The van der Waals surface area contributed by atoms with Gasteiger partial charge in [0.25, 0.3) is 0 Å². The van der Waals surface area contributed by atoms with Crippen LogP contribution in [0.5, 0.6) is 11.5 Å². The lowest BCUT2D eigenvalue weighted by Gasteiger charge is -2.44. The largest absolute Gasteiger partial charge is 0.504 e. The highest BCUT2D eigenvalue weighted by molar-refractivity contribution is 5.87. The van der Waals surface area contributed by atoms with Gasteiger partial charge in [-0.1, -0.05) is 6.07 Å². The van der Waals surface area contributed by atoms with Crippen LogP contribution in [0.1, 0.15) is 12.0 Å². The number of esters is 1. The van der Waals surface area contributed by atoms with Crippen LogP contribution in [0, 0.1) is 11.3 Å². The van der Waals surface area contributed by atoms with E-state index < -0.39 is 67.7 Å². The summed E-state index contributed by atoms with van der Waals surface area (Å²) in [4.78, 5) is 12.5. The van der Waals surface area contributed by atoms with Gasteiger partial charge in [-0.15, -0.1) is 0 Å². The molecular weight excluding hydrogens is 506 g/mol. The Bertz CT molecular complexity index is 1070. The number of carbonyl (C=O) groups is 1. The summed E-state index contributed by atoms with van der Waals surface area (Å²) < 4.78 is 26.8. The van der Waals surface area contributed by atoms with Gasteiger partial charge in [-0.25, -0.2) is 4.79 Å². The molecule has 1 saturated heterocycles. The molecule has 208 valence electrons. The van der Waals surface area contributed by atoms with E-state index >= 15 is 0 Å². The maximum Gasteiger partial charge on any atom is 0.331 e. The van der Waals surface area contributed by atoms with E-state index in [1.165, 1.54) is 38.5 Å². The molecule has 2 aliphatic rings. The zero-order valence-corrected chi connectivity index (χ0v) is 20.7. The highest BCUT2D eigenvalue weighted by atomic mass is 16.7. The summed E-state index contributed by atoms with van der Waals surface area (Å²) >= 11 is 0. The van der Waals surface area contributed by atoms with E-state index in [1.54, 1.807) is 6.07 Å². The predicted molar refractivity (Wildman–Crippen MR) is 127 cm³/mol. The lowest BCUT2D eigenvalue weighted by molar-refractivity contribution is -0.313. The van der Waals surface area contributed by atoms with E-state index in [2.05, 4.69) is 0 Å². The number of methoxy groups -OCH3 is 2. The quantitative estimate of drug-likeness (QED) is 0.130. The molecule has 0 aromatic heterocycles. The number of carbonyl (C=O) groups excluding carboxylic acids is 1. The van der Waals surface area contributed by atoms with Crippen LogP contribution in [0.3, 0.4) is 0 Å². The summed E-state index contributed by atoms with van der Waals surface area (Å²) in [5.41, 5.74) is 0.498. The summed E-state index contributed by atoms with van der Waals surface area (Å²) in [5.74, 6) is -0.855. The van der Waals surface area contributed by atoms with Crippen LogP contribution in [0.4, 0.5) is 0 Å². The van der Waals surface area contributed by atoms with Crippen molar-refractivity contribution in [3.8, 4) is 17.6 Å². The molecule has 1 saturated carbocycles. The lowest BCUT2D eigenvalue weighted by atomic mass is 9.84. The number of hydrogen-bond acceptors (Lipinski definition) is 13. The maximum atomic E-state index is 12.5. The second-order valence-electron chi connectivity index (χ2n) is 8.72. The number of allylic oxidation sites excluding steroid dienone is 1. The molecule has 1 heterocycles. The first-order valence-electron chi connectivity index (χ1n) is 11.7. The molecule has 0 radical (unpaired) electrons. The number of hydrogen-bond donors (Lipinski definition) is 6. The SMILES string of the molecule is COc1cc(/C=C/C(=O)O[C@@H]2[C@@H](O)[C@H](OC3CC(OC)C(O)C(O)/C3=C\C#N)O[C@H](CO)[C@H]2O)ccc1O. The summed E-state index contributed by atoms with van der Waals surface area (Å²) in [7, 11) is 2.68. The Morgan fingerprint density at radius 1 is 1.18 bits per heavy atom. The molecular formula is C25H31NO12. The minimum Gasteiger partial charge on any atom is -0.504 e. The van der Waals surface area contributed by atoms with Crippen LogP contribution in [-0.4, -0.2) is 113 Å². The van der Waals surface area contributed by atoms with Crippen molar-refractivity contribution >= 4 is 12.0 Å². The van der Waals surface area contributed by atoms with Gasteiger partial charge >= 0.3 is 5.97 Å². The molecule has 13 nitrogen and oxygen atoms in total. The molecule has 13 heteroatoms. The van der Waals surface area contributed by atoms with Crippen LogP contribution in [-0.2, 0) is 23.7 Å². The van der Waals surface area contributed by atoms with E-state index in [-0.39, 0.29) is 23.5 Å². The smallest absolute Gasteiger partial charge is 0.331 e. The number of aliphatic hydroxyl groups excluding tert-OH is 5. The molecule has 6 N–H and O–H groups in total. The normalized spacial score (nSPS) is 34.7. The van der Waals surface area contributed by atoms with Crippen molar-refractivity contribution in [2.45, 2.75) is 61.5 Å². The van der Waals surface area contributed by atoms with Gasteiger partial charge in [0.05, 0.1) is 32.0 Å². The van der Waals surface area contributed by atoms with Crippen molar-refractivity contribution < 1.29 is 59.1 Å². The van der Waals surface area contributed by atoms with Crippen molar-refractivity contribution in [3.05, 3.63) is 41.5 Å². The van der Waals surface area contributed by atoms with E-state index in [0.29, 0.717) is 5.56 Å². The number of rotatable bonds is 8. The van der Waals surface area contributed by atoms with Gasteiger partial charge < -0.3 is 54.3 Å². The number of phenols is 1. The van der Waals surface area contributed by atoms with Gasteiger partial charge in [-0.2, -0.15) is 5.26 Å². The third-order valence-electron chi connectivity index (χ3n) is 6.39. The highest BCUT2D eigenvalue weighted by Gasteiger charge is 2.49. The monoisotopic (exact) mass is 537 g/mol. The Kier molecular flexibility index (Phi) is 10.2. The van der Waals surface area contributed by atoms with Crippen LogP contribution in [0.2, 0.25) is 0 Å². The zero-order valence-electron chi connectivity index (χ0n) is 20.7. The highest BCUT2D eigenvalue weighted by Crippen LogP contribution is 2.33. The van der Waals surface area contributed by atoms with Gasteiger partial charge in [0.1, 0.15) is 30.5 Å². The topological polar surface area (TPSA) is 208 Å². The second kappa shape index (κ2) is 13.1. The second-order valence-corrected chi connectivity index (χ2v) is 8.72.